The topological polar surface area (TPSA) is 39.4 Å². The smallest absolute Gasteiger partial charge is 0.230 e. The van der Waals surface area contributed by atoms with Crippen LogP contribution in [0.15, 0.2) is 90.1 Å². The van der Waals surface area contributed by atoms with Gasteiger partial charge in [-0.1, -0.05) is 72.3 Å². The van der Waals surface area contributed by atoms with Crippen molar-refractivity contribution in [3.05, 3.63) is 102 Å². The molecule has 0 bridgehead atoms. The number of hydrogen-bond donors (Lipinski definition) is 0. The molecule has 0 saturated heterocycles. The van der Waals surface area contributed by atoms with Gasteiger partial charge in [0.05, 0.1) is 24.6 Å². The highest BCUT2D eigenvalue weighted by Gasteiger charge is 2.26. The molecule has 0 unspecified atom stereocenters. The molecule has 3 aromatic carbocycles. The molecule has 4 aromatic rings. The average molecular weight is 393 g/mol. The number of aromatic nitrogens is 2. The van der Waals surface area contributed by atoms with Crippen LogP contribution in [-0.2, 0) is 0 Å². The summed E-state index contributed by atoms with van der Waals surface area (Å²) in [7, 11) is 1.69. The molecule has 1 aliphatic heterocycles. The lowest BCUT2D eigenvalue weighted by Crippen LogP contribution is -2.19. The van der Waals surface area contributed by atoms with Crippen molar-refractivity contribution in [3.63, 3.8) is 0 Å². The van der Waals surface area contributed by atoms with Crippen LogP contribution in [-0.4, -0.2) is 22.4 Å². The summed E-state index contributed by atoms with van der Waals surface area (Å²) in [6, 6.07) is 27.3. The Kier molecular flexibility index (Phi) is 4.68. The van der Waals surface area contributed by atoms with Crippen molar-refractivity contribution in [1.29, 1.82) is 0 Å². The van der Waals surface area contributed by atoms with E-state index >= 15 is 0 Å². The lowest BCUT2D eigenvalue weighted by atomic mass is 9.95. The number of rotatable bonds is 4. The average Bonchev–Trinajstić information content (AvgIpc) is 3.24. The number of ether oxygens (including phenoxy) is 1. The third-order valence-electron chi connectivity index (χ3n) is 5.63. The highest BCUT2D eigenvalue weighted by Crippen LogP contribution is 2.36. The van der Waals surface area contributed by atoms with Crippen molar-refractivity contribution in [2.75, 3.05) is 7.11 Å². The fourth-order valence-corrected chi connectivity index (χ4v) is 3.92. The highest BCUT2D eigenvalue weighted by atomic mass is 16.5. The van der Waals surface area contributed by atoms with Gasteiger partial charge in [0.2, 0.25) is 5.95 Å². The number of imidazole rings is 1. The maximum atomic E-state index is 5.35. The molecule has 30 heavy (non-hydrogen) atoms. The third-order valence-corrected chi connectivity index (χ3v) is 5.63. The number of benzene rings is 3. The van der Waals surface area contributed by atoms with Crippen LogP contribution in [0.25, 0.3) is 11.3 Å². The van der Waals surface area contributed by atoms with E-state index in [4.69, 9.17) is 14.7 Å². The molecule has 0 amide bonds. The maximum absolute atomic E-state index is 5.35. The molecule has 0 aliphatic carbocycles. The van der Waals surface area contributed by atoms with Crippen molar-refractivity contribution in [2.24, 2.45) is 4.99 Å². The quantitative estimate of drug-likeness (QED) is 0.428. The number of nitrogens with zero attached hydrogens (tertiary/aromatic N) is 3. The Labute approximate surface area is 176 Å². The first-order valence-electron chi connectivity index (χ1n) is 10.1. The SMILES string of the molecule is COc1ccc([C@H]2CC(c3ccc(C)cc3)=Nc3nc(-c4ccccc4)cn32)cc1. The summed E-state index contributed by atoms with van der Waals surface area (Å²) in [5.41, 5.74) is 6.71. The number of fused-ring (bicyclic) bond motifs is 1. The first-order valence-corrected chi connectivity index (χ1v) is 10.1. The fraction of sp³-hybridized carbons (Fsp3) is 0.154. The Hall–Kier alpha value is -3.66. The van der Waals surface area contributed by atoms with Crippen LogP contribution < -0.4 is 4.74 Å². The summed E-state index contributed by atoms with van der Waals surface area (Å²) in [6.45, 7) is 2.10. The molecule has 1 aliphatic rings. The summed E-state index contributed by atoms with van der Waals surface area (Å²) >= 11 is 0. The van der Waals surface area contributed by atoms with Gasteiger partial charge < -0.3 is 9.30 Å². The van der Waals surface area contributed by atoms with Gasteiger partial charge in [-0.2, -0.15) is 0 Å². The number of aryl methyl sites for hydroxylation is 1. The van der Waals surface area contributed by atoms with E-state index in [1.807, 2.05) is 30.3 Å². The van der Waals surface area contributed by atoms with Crippen LogP contribution in [0.5, 0.6) is 5.75 Å². The lowest BCUT2D eigenvalue weighted by Gasteiger charge is -2.25. The molecule has 1 atom stereocenters. The second kappa shape index (κ2) is 7.64. The zero-order chi connectivity index (χ0) is 20.5. The summed E-state index contributed by atoms with van der Waals surface area (Å²) in [5, 5.41) is 0. The van der Waals surface area contributed by atoms with Crippen LogP contribution in [0.4, 0.5) is 5.95 Å². The van der Waals surface area contributed by atoms with Crippen LogP contribution in [0.1, 0.15) is 29.2 Å². The molecule has 0 saturated carbocycles. The number of aliphatic imine (C=N–C) groups is 1. The van der Waals surface area contributed by atoms with E-state index < -0.39 is 0 Å². The van der Waals surface area contributed by atoms with Gasteiger partial charge in [0.1, 0.15) is 5.75 Å². The van der Waals surface area contributed by atoms with Crippen molar-refractivity contribution >= 4 is 11.7 Å². The van der Waals surface area contributed by atoms with Gasteiger partial charge in [-0.25, -0.2) is 9.98 Å². The van der Waals surface area contributed by atoms with Crippen molar-refractivity contribution < 1.29 is 4.74 Å². The second-order valence-electron chi connectivity index (χ2n) is 7.62. The van der Waals surface area contributed by atoms with Gasteiger partial charge in [0.15, 0.2) is 0 Å². The summed E-state index contributed by atoms with van der Waals surface area (Å²) < 4.78 is 7.54. The van der Waals surface area contributed by atoms with Crippen molar-refractivity contribution in [2.45, 2.75) is 19.4 Å². The van der Waals surface area contributed by atoms with Crippen LogP contribution in [0, 0.1) is 6.92 Å². The Balaban J connectivity index is 1.62. The Morgan fingerprint density at radius 3 is 2.30 bits per heavy atom. The predicted octanol–water partition coefficient (Wildman–Crippen LogP) is 5.98. The largest absolute Gasteiger partial charge is 0.497 e. The van der Waals surface area contributed by atoms with Crippen LogP contribution in [0.3, 0.4) is 0 Å². The Bertz CT molecular complexity index is 1190. The zero-order valence-electron chi connectivity index (χ0n) is 17.1. The van der Waals surface area contributed by atoms with E-state index in [-0.39, 0.29) is 6.04 Å². The molecular weight excluding hydrogens is 370 g/mol. The van der Waals surface area contributed by atoms with Crippen LogP contribution in [0.2, 0.25) is 0 Å². The molecule has 0 fully saturated rings. The Morgan fingerprint density at radius 2 is 1.60 bits per heavy atom. The summed E-state index contributed by atoms with van der Waals surface area (Å²) in [4.78, 5) is 9.82. The maximum Gasteiger partial charge on any atom is 0.230 e. The number of methoxy groups -OCH3 is 1. The standard InChI is InChI=1S/C26H23N3O/c1-18-8-10-20(11-9-18)23-16-25(21-12-14-22(30-2)15-13-21)29-17-24(28-26(29)27-23)19-6-4-3-5-7-19/h3-15,17,25H,16H2,1-2H3/t25-/m1/s1. The lowest BCUT2D eigenvalue weighted by molar-refractivity contribution is 0.414. The van der Waals surface area contributed by atoms with Gasteiger partial charge in [-0.05, 0) is 30.2 Å². The predicted molar refractivity (Wildman–Crippen MR) is 121 cm³/mol. The van der Waals surface area contributed by atoms with Crippen molar-refractivity contribution in [3.8, 4) is 17.0 Å². The summed E-state index contributed by atoms with van der Waals surface area (Å²) in [5.74, 6) is 1.61. The minimum atomic E-state index is 0.129. The first kappa shape index (κ1) is 18.4. The van der Waals surface area contributed by atoms with E-state index in [1.165, 1.54) is 11.1 Å². The van der Waals surface area contributed by atoms with Crippen LogP contribution >= 0.6 is 0 Å². The van der Waals surface area contributed by atoms with E-state index in [9.17, 15) is 0 Å². The number of hydrogen-bond acceptors (Lipinski definition) is 3. The molecule has 4 heteroatoms. The second-order valence-corrected chi connectivity index (χ2v) is 7.62. The van der Waals surface area contributed by atoms with E-state index in [0.29, 0.717) is 0 Å². The molecular formula is C26H23N3O. The molecule has 0 spiro atoms. The van der Waals surface area contributed by atoms with Gasteiger partial charge >= 0.3 is 0 Å². The molecule has 1 aromatic heterocycles. The molecule has 4 nitrogen and oxygen atoms in total. The molecule has 2 heterocycles. The monoisotopic (exact) mass is 393 g/mol. The van der Waals surface area contributed by atoms with Gasteiger partial charge in [0, 0.05) is 18.2 Å². The first-order chi connectivity index (χ1) is 14.7. The fourth-order valence-electron chi connectivity index (χ4n) is 3.92. The molecule has 5 rings (SSSR count). The molecule has 148 valence electrons. The highest BCUT2D eigenvalue weighted by molar-refractivity contribution is 6.03. The van der Waals surface area contributed by atoms with Crippen molar-refractivity contribution in [1.82, 2.24) is 9.55 Å². The summed E-state index contributed by atoms with van der Waals surface area (Å²) in [6.07, 6.45) is 2.93. The minimum absolute atomic E-state index is 0.129. The van der Waals surface area contributed by atoms with Gasteiger partial charge in [0.25, 0.3) is 0 Å². The zero-order valence-corrected chi connectivity index (χ0v) is 17.1. The third kappa shape index (κ3) is 3.41. The normalized spacial score (nSPS) is 15.4. The van der Waals surface area contributed by atoms with E-state index in [2.05, 4.69) is 66.2 Å². The molecule has 0 radical (unpaired) electrons. The van der Waals surface area contributed by atoms with E-state index in [1.54, 1.807) is 7.11 Å². The molecule has 0 N–H and O–H groups in total. The van der Waals surface area contributed by atoms with E-state index in [0.717, 1.165) is 40.7 Å². The van der Waals surface area contributed by atoms with Gasteiger partial charge in [-0.15, -0.1) is 0 Å². The minimum Gasteiger partial charge on any atom is -0.497 e. The van der Waals surface area contributed by atoms with Gasteiger partial charge in [-0.3, -0.25) is 0 Å². The Morgan fingerprint density at radius 1 is 0.867 bits per heavy atom.